The zero-order chi connectivity index (χ0) is 17.4. The minimum atomic E-state index is -0.270. The van der Waals surface area contributed by atoms with Crippen LogP contribution in [-0.2, 0) is 0 Å². The monoisotopic (exact) mass is 349 g/mol. The van der Waals surface area contributed by atoms with Crippen LogP contribution in [0.25, 0.3) is 21.1 Å². The van der Waals surface area contributed by atoms with E-state index in [4.69, 9.17) is 4.74 Å². The molecule has 2 aromatic heterocycles. The highest BCUT2D eigenvalue weighted by atomic mass is 32.1. The summed E-state index contributed by atoms with van der Waals surface area (Å²) in [5.74, 6) is 0.491. The lowest BCUT2D eigenvalue weighted by atomic mass is 10.2. The van der Waals surface area contributed by atoms with Crippen LogP contribution in [0, 0.1) is 6.92 Å². The lowest BCUT2D eigenvalue weighted by molar-refractivity contribution is 0.102. The largest absolute Gasteiger partial charge is 0.497 e. The fourth-order valence-electron chi connectivity index (χ4n) is 2.60. The number of hydrogen-bond donors (Lipinski definition) is 1. The Labute approximate surface area is 148 Å². The van der Waals surface area contributed by atoms with Crippen LogP contribution in [0.5, 0.6) is 5.75 Å². The number of aromatic nitrogens is 2. The summed E-state index contributed by atoms with van der Waals surface area (Å²) in [5, 5.41) is 4.33. The molecule has 2 aromatic carbocycles. The second-order valence-electron chi connectivity index (χ2n) is 5.70. The molecular formula is C19H15N3O2S. The molecule has 0 aliphatic heterocycles. The highest BCUT2D eigenvalue weighted by Crippen LogP contribution is 2.27. The maximum atomic E-state index is 12.5. The third-order valence-corrected chi connectivity index (χ3v) is 4.83. The maximum absolute atomic E-state index is 12.5. The molecule has 0 bridgehead atoms. The van der Waals surface area contributed by atoms with Crippen molar-refractivity contribution in [2.45, 2.75) is 6.92 Å². The van der Waals surface area contributed by atoms with Gasteiger partial charge in [0.25, 0.3) is 5.91 Å². The molecule has 1 N–H and O–H groups in total. The van der Waals surface area contributed by atoms with Gasteiger partial charge in [-0.3, -0.25) is 10.1 Å². The molecule has 5 nitrogen and oxygen atoms in total. The van der Waals surface area contributed by atoms with Crippen molar-refractivity contribution in [1.29, 1.82) is 0 Å². The van der Waals surface area contributed by atoms with Gasteiger partial charge in [0.05, 0.1) is 22.8 Å². The first-order chi connectivity index (χ1) is 12.1. The van der Waals surface area contributed by atoms with Gasteiger partial charge >= 0.3 is 0 Å². The summed E-state index contributed by atoms with van der Waals surface area (Å²) in [4.78, 5) is 21.4. The molecule has 0 aliphatic carbocycles. The molecule has 6 heteroatoms. The number of carbonyl (C=O) groups is 1. The molecule has 4 rings (SSSR count). The van der Waals surface area contributed by atoms with Crippen molar-refractivity contribution in [2.24, 2.45) is 0 Å². The Bertz CT molecular complexity index is 1100. The van der Waals surface area contributed by atoms with Crippen molar-refractivity contribution in [1.82, 2.24) is 9.97 Å². The third-order valence-electron chi connectivity index (χ3n) is 3.89. The molecule has 0 atom stereocenters. The van der Waals surface area contributed by atoms with E-state index in [1.807, 2.05) is 43.3 Å². The quantitative estimate of drug-likeness (QED) is 0.595. The summed E-state index contributed by atoms with van der Waals surface area (Å²) in [6.07, 6.45) is 0. The molecule has 0 fully saturated rings. The predicted octanol–water partition coefficient (Wildman–Crippen LogP) is 4.41. The average molecular weight is 349 g/mol. The minimum absolute atomic E-state index is 0.270. The first-order valence-electron chi connectivity index (χ1n) is 7.76. The average Bonchev–Trinajstić information content (AvgIpc) is 3.01. The lowest BCUT2D eigenvalue weighted by Gasteiger charge is -2.04. The molecule has 0 spiro atoms. The molecule has 124 valence electrons. The molecule has 0 saturated carbocycles. The van der Waals surface area contributed by atoms with Gasteiger partial charge in [-0.05, 0) is 48.9 Å². The van der Waals surface area contributed by atoms with Gasteiger partial charge in [-0.1, -0.05) is 23.5 Å². The van der Waals surface area contributed by atoms with Crippen LogP contribution in [0.3, 0.4) is 0 Å². The Balaban J connectivity index is 1.62. The fraction of sp³-hybridized carbons (Fsp3) is 0.105. The van der Waals surface area contributed by atoms with E-state index < -0.39 is 0 Å². The number of pyridine rings is 1. The Morgan fingerprint density at radius 2 is 1.88 bits per heavy atom. The SMILES string of the molecule is COc1ccc2nc(C(=O)Nc3nc4ccc(C)cc4s3)ccc2c1. The van der Waals surface area contributed by atoms with E-state index in [1.54, 1.807) is 13.2 Å². The summed E-state index contributed by atoms with van der Waals surface area (Å²) >= 11 is 1.46. The number of rotatable bonds is 3. The van der Waals surface area contributed by atoms with Crippen molar-refractivity contribution in [3.63, 3.8) is 0 Å². The van der Waals surface area contributed by atoms with Crippen molar-refractivity contribution < 1.29 is 9.53 Å². The highest BCUT2D eigenvalue weighted by Gasteiger charge is 2.12. The number of fused-ring (bicyclic) bond motifs is 2. The molecule has 4 aromatic rings. The number of carbonyl (C=O) groups excluding carboxylic acids is 1. The summed E-state index contributed by atoms with van der Waals surface area (Å²) in [6.45, 7) is 2.03. The zero-order valence-corrected chi connectivity index (χ0v) is 14.6. The fourth-order valence-corrected chi connectivity index (χ4v) is 3.56. The summed E-state index contributed by atoms with van der Waals surface area (Å²) < 4.78 is 6.25. The van der Waals surface area contributed by atoms with Gasteiger partial charge in [0.15, 0.2) is 5.13 Å². The summed E-state index contributed by atoms with van der Waals surface area (Å²) in [7, 11) is 1.62. The van der Waals surface area contributed by atoms with Gasteiger partial charge in [-0.15, -0.1) is 0 Å². The third kappa shape index (κ3) is 3.04. The van der Waals surface area contributed by atoms with Crippen LogP contribution < -0.4 is 10.1 Å². The van der Waals surface area contributed by atoms with Crippen molar-refractivity contribution in [3.8, 4) is 5.75 Å². The van der Waals surface area contributed by atoms with Crippen LogP contribution in [0.1, 0.15) is 16.1 Å². The number of nitrogens with one attached hydrogen (secondary N) is 1. The van der Waals surface area contributed by atoms with Crippen LogP contribution in [-0.4, -0.2) is 23.0 Å². The number of amides is 1. The Morgan fingerprint density at radius 1 is 1.04 bits per heavy atom. The number of methoxy groups -OCH3 is 1. The van der Waals surface area contributed by atoms with Gasteiger partial charge < -0.3 is 4.74 Å². The standard InChI is InChI=1S/C19H15N3O2S/c1-11-3-6-15-17(9-11)25-19(21-15)22-18(23)16-7-4-12-10-13(24-2)5-8-14(12)20-16/h3-10H,1-2H3,(H,21,22,23). The van der Waals surface area contributed by atoms with E-state index >= 15 is 0 Å². The predicted molar refractivity (Wildman–Crippen MR) is 101 cm³/mol. The second kappa shape index (κ2) is 6.14. The molecule has 25 heavy (non-hydrogen) atoms. The van der Waals surface area contributed by atoms with Crippen LogP contribution in [0.2, 0.25) is 0 Å². The molecule has 0 aliphatic rings. The van der Waals surface area contributed by atoms with Crippen LogP contribution in [0.4, 0.5) is 5.13 Å². The van der Waals surface area contributed by atoms with E-state index in [0.717, 1.165) is 26.9 Å². The lowest BCUT2D eigenvalue weighted by Crippen LogP contribution is -2.13. The number of anilines is 1. The number of hydrogen-bond acceptors (Lipinski definition) is 5. The van der Waals surface area contributed by atoms with Crippen LogP contribution in [0.15, 0.2) is 48.5 Å². The van der Waals surface area contributed by atoms with Gasteiger partial charge in [0.2, 0.25) is 0 Å². The molecule has 2 heterocycles. The van der Waals surface area contributed by atoms with Gasteiger partial charge in [0.1, 0.15) is 11.4 Å². The van der Waals surface area contributed by atoms with Crippen molar-refractivity contribution >= 4 is 43.5 Å². The number of benzene rings is 2. The minimum Gasteiger partial charge on any atom is -0.497 e. The van der Waals surface area contributed by atoms with E-state index in [9.17, 15) is 4.79 Å². The smallest absolute Gasteiger partial charge is 0.276 e. The van der Waals surface area contributed by atoms with Crippen LogP contribution >= 0.6 is 11.3 Å². The van der Waals surface area contributed by atoms with Gasteiger partial charge in [-0.25, -0.2) is 9.97 Å². The molecule has 1 amide bonds. The number of nitrogens with zero attached hydrogens (tertiary/aromatic N) is 2. The highest BCUT2D eigenvalue weighted by molar-refractivity contribution is 7.22. The van der Waals surface area contributed by atoms with Crippen molar-refractivity contribution in [2.75, 3.05) is 12.4 Å². The maximum Gasteiger partial charge on any atom is 0.276 e. The first kappa shape index (κ1) is 15.5. The Kier molecular flexibility index (Phi) is 3.82. The summed E-state index contributed by atoms with van der Waals surface area (Å²) in [6, 6.07) is 15.1. The Morgan fingerprint density at radius 3 is 2.72 bits per heavy atom. The topological polar surface area (TPSA) is 64.1 Å². The molecular weight excluding hydrogens is 334 g/mol. The molecule has 0 saturated heterocycles. The van der Waals surface area contributed by atoms with E-state index in [-0.39, 0.29) is 5.91 Å². The normalized spacial score (nSPS) is 11.0. The Hall–Kier alpha value is -2.99. The van der Waals surface area contributed by atoms with E-state index in [2.05, 4.69) is 21.4 Å². The summed E-state index contributed by atoms with van der Waals surface area (Å²) in [5.41, 5.74) is 3.14. The number of ether oxygens (including phenoxy) is 1. The second-order valence-corrected chi connectivity index (χ2v) is 6.73. The van der Waals surface area contributed by atoms with Gasteiger partial charge in [-0.2, -0.15) is 0 Å². The van der Waals surface area contributed by atoms with Gasteiger partial charge in [0, 0.05) is 5.39 Å². The number of thiazole rings is 1. The molecule has 0 radical (unpaired) electrons. The van der Waals surface area contributed by atoms with Crippen molar-refractivity contribution in [3.05, 3.63) is 59.8 Å². The number of aryl methyl sites for hydroxylation is 1. The van der Waals surface area contributed by atoms with E-state index in [1.165, 1.54) is 16.9 Å². The molecule has 0 unspecified atom stereocenters. The van der Waals surface area contributed by atoms with E-state index in [0.29, 0.717) is 10.8 Å². The zero-order valence-electron chi connectivity index (χ0n) is 13.7. The first-order valence-corrected chi connectivity index (χ1v) is 8.57.